The minimum absolute atomic E-state index is 0.313. The maximum absolute atomic E-state index is 6.07. The molecule has 0 aromatic heterocycles. The Labute approximate surface area is 130 Å². The molecular weight excluding hydrogens is 258 g/mol. The van der Waals surface area contributed by atoms with Crippen LogP contribution in [-0.4, -0.2) is 24.8 Å². The Bertz CT molecular complexity index is 443. The van der Waals surface area contributed by atoms with Gasteiger partial charge >= 0.3 is 0 Å². The second-order valence-corrected chi connectivity index (χ2v) is 9.73. The molecule has 0 aromatic rings. The number of hydrogen-bond donors (Lipinski definition) is 1. The van der Waals surface area contributed by atoms with Gasteiger partial charge in [0.2, 0.25) is 0 Å². The summed E-state index contributed by atoms with van der Waals surface area (Å²) in [5, 5.41) is 4.15. The van der Waals surface area contributed by atoms with Gasteiger partial charge < -0.3 is 10.1 Å². The molecule has 0 amide bonds. The van der Waals surface area contributed by atoms with Crippen LogP contribution in [-0.2, 0) is 4.74 Å². The highest BCUT2D eigenvalue weighted by molar-refractivity contribution is 5.17. The number of fused-ring (bicyclic) bond motifs is 3. The van der Waals surface area contributed by atoms with Crippen LogP contribution in [0.5, 0.6) is 0 Å². The third kappa shape index (κ3) is 1.67. The summed E-state index contributed by atoms with van der Waals surface area (Å²) < 4.78 is 6.07. The van der Waals surface area contributed by atoms with Gasteiger partial charge in [-0.1, -0.05) is 34.6 Å². The first-order valence-electron chi connectivity index (χ1n) is 9.16. The molecule has 0 aromatic carbocycles. The molecule has 2 bridgehead atoms. The zero-order chi connectivity index (χ0) is 15.0. The molecule has 1 N–H and O–H groups in total. The molecule has 2 heteroatoms. The van der Waals surface area contributed by atoms with E-state index in [-0.39, 0.29) is 0 Å². The lowest BCUT2D eigenvalue weighted by Gasteiger charge is -2.61. The lowest BCUT2D eigenvalue weighted by molar-refractivity contribution is -0.196. The van der Waals surface area contributed by atoms with Crippen LogP contribution in [0, 0.1) is 28.1 Å². The van der Waals surface area contributed by atoms with Gasteiger partial charge in [-0.05, 0) is 48.9 Å². The van der Waals surface area contributed by atoms with Crippen LogP contribution >= 0.6 is 0 Å². The third-order valence-electron chi connectivity index (χ3n) is 8.51. The SMILES string of the molecule is CC1(C)C(NC2CC3CCC2(C)C3(C)C)C2CCCOC21. The molecule has 1 heterocycles. The second kappa shape index (κ2) is 4.26. The topological polar surface area (TPSA) is 21.3 Å². The van der Waals surface area contributed by atoms with E-state index in [0.29, 0.717) is 28.4 Å². The van der Waals surface area contributed by atoms with Crippen LogP contribution in [0.1, 0.15) is 66.7 Å². The number of hydrogen-bond acceptors (Lipinski definition) is 2. The van der Waals surface area contributed by atoms with Crippen molar-refractivity contribution in [2.75, 3.05) is 6.61 Å². The van der Waals surface area contributed by atoms with E-state index in [9.17, 15) is 0 Å². The molecule has 4 aliphatic rings. The van der Waals surface area contributed by atoms with Gasteiger partial charge in [-0.25, -0.2) is 0 Å². The lowest BCUT2D eigenvalue weighted by atomic mass is 9.54. The Morgan fingerprint density at radius 3 is 2.43 bits per heavy atom. The Morgan fingerprint density at radius 1 is 1.05 bits per heavy atom. The molecular formula is C19H33NO. The molecule has 6 unspecified atom stereocenters. The van der Waals surface area contributed by atoms with Crippen LogP contribution in [0.2, 0.25) is 0 Å². The third-order valence-corrected chi connectivity index (χ3v) is 8.51. The van der Waals surface area contributed by atoms with Crippen LogP contribution in [0.15, 0.2) is 0 Å². The minimum Gasteiger partial charge on any atom is -0.377 e. The predicted molar refractivity (Wildman–Crippen MR) is 86.2 cm³/mol. The van der Waals surface area contributed by atoms with Crippen molar-refractivity contribution in [3.05, 3.63) is 0 Å². The van der Waals surface area contributed by atoms with E-state index < -0.39 is 0 Å². The highest BCUT2D eigenvalue weighted by Gasteiger charge is 2.64. The fourth-order valence-electron chi connectivity index (χ4n) is 6.53. The predicted octanol–water partition coefficient (Wildman–Crippen LogP) is 3.99. The molecule has 2 nitrogen and oxygen atoms in total. The number of rotatable bonds is 2. The van der Waals surface area contributed by atoms with Gasteiger partial charge in [0.25, 0.3) is 0 Å². The fraction of sp³-hybridized carbons (Fsp3) is 1.00. The summed E-state index contributed by atoms with van der Waals surface area (Å²) in [4.78, 5) is 0. The fourth-order valence-corrected chi connectivity index (χ4v) is 6.53. The zero-order valence-corrected chi connectivity index (χ0v) is 14.5. The Kier molecular flexibility index (Phi) is 2.94. The summed E-state index contributed by atoms with van der Waals surface area (Å²) in [5.41, 5.74) is 1.32. The van der Waals surface area contributed by atoms with Crippen molar-refractivity contribution in [3.63, 3.8) is 0 Å². The maximum Gasteiger partial charge on any atom is 0.0684 e. The van der Waals surface area contributed by atoms with Crippen molar-refractivity contribution in [1.29, 1.82) is 0 Å². The molecule has 4 rings (SSSR count). The monoisotopic (exact) mass is 291 g/mol. The van der Waals surface area contributed by atoms with E-state index >= 15 is 0 Å². The van der Waals surface area contributed by atoms with Gasteiger partial charge in [-0.3, -0.25) is 0 Å². The van der Waals surface area contributed by atoms with Gasteiger partial charge in [0, 0.05) is 30.0 Å². The van der Waals surface area contributed by atoms with E-state index in [4.69, 9.17) is 4.74 Å². The minimum atomic E-state index is 0.313. The molecule has 21 heavy (non-hydrogen) atoms. The Balaban J connectivity index is 1.52. The summed E-state index contributed by atoms with van der Waals surface area (Å²) in [6, 6.07) is 1.39. The van der Waals surface area contributed by atoms with Crippen molar-refractivity contribution < 1.29 is 4.74 Å². The highest BCUT2D eigenvalue weighted by atomic mass is 16.5. The molecule has 1 aliphatic heterocycles. The van der Waals surface area contributed by atoms with Gasteiger partial charge in [-0.2, -0.15) is 0 Å². The van der Waals surface area contributed by atoms with Crippen molar-refractivity contribution in [2.24, 2.45) is 28.1 Å². The molecule has 0 spiro atoms. The summed E-state index contributed by atoms with van der Waals surface area (Å²) in [7, 11) is 0. The first kappa shape index (κ1) is 14.5. The second-order valence-electron chi connectivity index (χ2n) is 9.73. The standard InChI is InChI=1S/C19H33NO/c1-17(2)15(13-7-6-10-21-16(13)17)20-14-11-12-8-9-19(14,5)18(12,3)4/h12-16,20H,6-11H2,1-5H3. The number of ether oxygens (including phenoxy) is 1. The molecule has 120 valence electrons. The smallest absolute Gasteiger partial charge is 0.0684 e. The van der Waals surface area contributed by atoms with Gasteiger partial charge in [0.1, 0.15) is 0 Å². The van der Waals surface area contributed by atoms with Crippen molar-refractivity contribution in [1.82, 2.24) is 5.32 Å². The first-order chi connectivity index (χ1) is 9.78. The van der Waals surface area contributed by atoms with Crippen LogP contribution in [0.25, 0.3) is 0 Å². The van der Waals surface area contributed by atoms with Crippen molar-refractivity contribution in [3.8, 4) is 0 Å². The van der Waals surface area contributed by atoms with E-state index in [1.54, 1.807) is 0 Å². The van der Waals surface area contributed by atoms with Crippen LogP contribution in [0.4, 0.5) is 0 Å². The van der Waals surface area contributed by atoms with Crippen molar-refractivity contribution >= 4 is 0 Å². The first-order valence-corrected chi connectivity index (χ1v) is 9.16. The number of nitrogens with one attached hydrogen (secondary N) is 1. The molecule has 3 aliphatic carbocycles. The maximum atomic E-state index is 6.07. The summed E-state index contributed by atoms with van der Waals surface area (Å²) >= 11 is 0. The molecule has 3 saturated carbocycles. The molecule has 6 atom stereocenters. The van der Waals surface area contributed by atoms with Crippen LogP contribution in [0.3, 0.4) is 0 Å². The van der Waals surface area contributed by atoms with Crippen LogP contribution < -0.4 is 5.32 Å². The van der Waals surface area contributed by atoms with E-state index in [1.807, 2.05) is 0 Å². The van der Waals surface area contributed by atoms with Gasteiger partial charge in [0.15, 0.2) is 0 Å². The molecule has 1 saturated heterocycles. The largest absolute Gasteiger partial charge is 0.377 e. The normalized spacial score (nSPS) is 53.3. The van der Waals surface area contributed by atoms with E-state index in [1.165, 1.54) is 32.1 Å². The Morgan fingerprint density at radius 2 is 1.81 bits per heavy atom. The van der Waals surface area contributed by atoms with E-state index in [0.717, 1.165) is 24.5 Å². The summed E-state index contributed by atoms with van der Waals surface area (Å²) in [6.45, 7) is 13.4. The average Bonchev–Trinajstić information content (AvgIpc) is 2.77. The average molecular weight is 291 g/mol. The van der Waals surface area contributed by atoms with E-state index in [2.05, 4.69) is 39.9 Å². The summed E-state index contributed by atoms with van der Waals surface area (Å²) in [6.07, 6.45) is 7.38. The summed E-state index contributed by atoms with van der Waals surface area (Å²) in [5.74, 6) is 1.70. The Hall–Kier alpha value is -0.0800. The highest BCUT2D eigenvalue weighted by Crippen LogP contribution is 2.66. The lowest BCUT2D eigenvalue weighted by Crippen LogP contribution is -2.71. The molecule has 0 radical (unpaired) electrons. The van der Waals surface area contributed by atoms with Crippen molar-refractivity contribution in [2.45, 2.75) is 84.9 Å². The van der Waals surface area contributed by atoms with Gasteiger partial charge in [0.05, 0.1) is 6.10 Å². The van der Waals surface area contributed by atoms with Gasteiger partial charge in [-0.15, -0.1) is 0 Å². The quantitative estimate of drug-likeness (QED) is 0.830. The molecule has 4 fully saturated rings. The zero-order valence-electron chi connectivity index (χ0n) is 14.5.